The fourth-order valence-electron chi connectivity index (χ4n) is 2.18. The number of rotatable bonds is 4. The van der Waals surface area contributed by atoms with Gasteiger partial charge in [-0.1, -0.05) is 17.7 Å². The van der Waals surface area contributed by atoms with Crippen molar-refractivity contribution in [3.05, 3.63) is 53.3 Å². The second-order valence-corrected chi connectivity index (χ2v) is 4.85. The summed E-state index contributed by atoms with van der Waals surface area (Å²) in [4.78, 5) is 7.38. The molecule has 0 spiro atoms. The quantitative estimate of drug-likeness (QED) is 0.766. The van der Waals surface area contributed by atoms with E-state index in [9.17, 15) is 0 Å². The first-order valence-electron chi connectivity index (χ1n) is 6.26. The van der Waals surface area contributed by atoms with Gasteiger partial charge in [-0.25, -0.2) is 4.98 Å². The van der Waals surface area contributed by atoms with Gasteiger partial charge in [-0.15, -0.1) is 0 Å². The van der Waals surface area contributed by atoms with Crippen molar-refractivity contribution in [3.8, 4) is 5.88 Å². The summed E-state index contributed by atoms with van der Waals surface area (Å²) in [7, 11) is 1.61. The number of H-pyrrole nitrogens is 1. The van der Waals surface area contributed by atoms with E-state index >= 15 is 0 Å². The Labute approximate surface area is 121 Å². The second kappa shape index (κ2) is 5.43. The average Bonchev–Trinajstić information content (AvgIpc) is 2.87. The van der Waals surface area contributed by atoms with Gasteiger partial charge in [-0.2, -0.15) is 0 Å². The molecule has 2 aromatic heterocycles. The summed E-state index contributed by atoms with van der Waals surface area (Å²) in [5.41, 5.74) is 3.08. The first-order chi connectivity index (χ1) is 9.78. The van der Waals surface area contributed by atoms with Gasteiger partial charge in [0.1, 0.15) is 0 Å². The third-order valence-corrected chi connectivity index (χ3v) is 3.40. The molecule has 0 amide bonds. The molecule has 0 fully saturated rings. The number of hydrogen-bond donors (Lipinski definition) is 2. The highest BCUT2D eigenvalue weighted by atomic mass is 35.5. The van der Waals surface area contributed by atoms with Crippen LogP contribution in [0.25, 0.3) is 10.9 Å². The maximum atomic E-state index is 5.98. The Morgan fingerprint density at radius 2 is 2.25 bits per heavy atom. The number of ether oxygens (including phenoxy) is 1. The topological polar surface area (TPSA) is 49.9 Å². The van der Waals surface area contributed by atoms with E-state index in [-0.39, 0.29) is 0 Å². The number of benzene rings is 1. The number of methoxy groups -OCH3 is 1. The molecule has 20 heavy (non-hydrogen) atoms. The molecular formula is C15H14ClN3O. The molecule has 0 aliphatic rings. The summed E-state index contributed by atoms with van der Waals surface area (Å²) in [6, 6.07) is 9.65. The van der Waals surface area contributed by atoms with Crippen LogP contribution in [0.4, 0.5) is 5.69 Å². The molecule has 5 heteroatoms. The van der Waals surface area contributed by atoms with Gasteiger partial charge in [0, 0.05) is 34.9 Å². The lowest BCUT2D eigenvalue weighted by molar-refractivity contribution is 0.399. The van der Waals surface area contributed by atoms with Crippen LogP contribution in [-0.2, 0) is 6.54 Å². The van der Waals surface area contributed by atoms with Gasteiger partial charge in [0.15, 0.2) is 0 Å². The van der Waals surface area contributed by atoms with Crippen LogP contribution in [0.3, 0.4) is 0 Å². The summed E-state index contributed by atoms with van der Waals surface area (Å²) < 4.78 is 5.22. The number of hydrogen-bond acceptors (Lipinski definition) is 3. The van der Waals surface area contributed by atoms with Crippen molar-refractivity contribution < 1.29 is 4.74 Å². The van der Waals surface area contributed by atoms with Crippen molar-refractivity contribution in [3.63, 3.8) is 0 Å². The van der Waals surface area contributed by atoms with Crippen LogP contribution in [0.5, 0.6) is 5.88 Å². The third kappa shape index (κ3) is 2.42. The van der Waals surface area contributed by atoms with Gasteiger partial charge < -0.3 is 15.0 Å². The minimum Gasteiger partial charge on any atom is -0.480 e. The number of fused-ring (bicyclic) bond motifs is 1. The number of halogens is 1. The summed E-state index contributed by atoms with van der Waals surface area (Å²) in [6.45, 7) is 0.684. The van der Waals surface area contributed by atoms with E-state index in [4.69, 9.17) is 16.3 Å². The predicted molar refractivity (Wildman–Crippen MR) is 81.4 cm³/mol. The van der Waals surface area contributed by atoms with Gasteiger partial charge in [0.05, 0.1) is 12.8 Å². The van der Waals surface area contributed by atoms with Crippen LogP contribution < -0.4 is 10.1 Å². The highest BCUT2D eigenvalue weighted by molar-refractivity contribution is 6.31. The van der Waals surface area contributed by atoms with E-state index in [0.717, 1.165) is 21.6 Å². The Morgan fingerprint density at radius 3 is 3.10 bits per heavy atom. The number of aromatic nitrogens is 2. The molecular weight excluding hydrogens is 274 g/mol. The number of anilines is 1. The van der Waals surface area contributed by atoms with Crippen molar-refractivity contribution in [2.24, 2.45) is 0 Å². The highest BCUT2D eigenvalue weighted by Gasteiger charge is 2.06. The number of nitrogens with one attached hydrogen (secondary N) is 2. The van der Waals surface area contributed by atoms with Crippen molar-refractivity contribution in [1.29, 1.82) is 0 Å². The Kier molecular flexibility index (Phi) is 3.48. The predicted octanol–water partition coefficient (Wildman–Crippen LogP) is 3.84. The van der Waals surface area contributed by atoms with Gasteiger partial charge >= 0.3 is 0 Å². The molecule has 102 valence electrons. The molecule has 4 nitrogen and oxygen atoms in total. The van der Waals surface area contributed by atoms with E-state index in [1.54, 1.807) is 13.3 Å². The zero-order valence-corrected chi connectivity index (χ0v) is 11.7. The molecule has 3 aromatic rings. The fraction of sp³-hybridized carbons (Fsp3) is 0.133. The number of pyridine rings is 1. The van der Waals surface area contributed by atoms with E-state index in [2.05, 4.69) is 15.3 Å². The van der Waals surface area contributed by atoms with Crippen LogP contribution in [0.15, 0.2) is 42.7 Å². The molecule has 0 unspecified atom stereocenters. The Balaban J connectivity index is 1.83. The Morgan fingerprint density at radius 1 is 1.35 bits per heavy atom. The number of aromatic amines is 1. The molecule has 0 radical (unpaired) electrons. The average molecular weight is 288 g/mol. The van der Waals surface area contributed by atoms with Crippen LogP contribution in [-0.4, -0.2) is 17.1 Å². The molecule has 0 saturated carbocycles. The summed E-state index contributed by atoms with van der Waals surface area (Å²) in [5, 5.41) is 5.22. The molecule has 0 atom stereocenters. The third-order valence-electron chi connectivity index (χ3n) is 3.16. The van der Waals surface area contributed by atoms with E-state index in [1.165, 1.54) is 5.56 Å². The van der Waals surface area contributed by atoms with Crippen LogP contribution in [0.2, 0.25) is 5.02 Å². The lowest BCUT2D eigenvalue weighted by atomic mass is 10.2. The molecule has 1 aromatic carbocycles. The van der Waals surface area contributed by atoms with Crippen molar-refractivity contribution in [1.82, 2.24) is 9.97 Å². The van der Waals surface area contributed by atoms with Crippen molar-refractivity contribution in [2.45, 2.75) is 6.54 Å². The van der Waals surface area contributed by atoms with Crippen LogP contribution >= 0.6 is 11.6 Å². The van der Waals surface area contributed by atoms with Gasteiger partial charge in [-0.05, 0) is 29.8 Å². The zero-order chi connectivity index (χ0) is 13.9. The van der Waals surface area contributed by atoms with Crippen molar-refractivity contribution in [2.75, 3.05) is 12.4 Å². The first kappa shape index (κ1) is 12.8. The Bertz CT molecular complexity index is 739. The highest BCUT2D eigenvalue weighted by Crippen LogP contribution is 2.25. The van der Waals surface area contributed by atoms with Crippen molar-refractivity contribution >= 4 is 28.2 Å². The molecule has 2 N–H and O–H groups in total. The van der Waals surface area contributed by atoms with Gasteiger partial charge in [-0.3, -0.25) is 0 Å². The minimum atomic E-state index is 0.593. The van der Waals surface area contributed by atoms with E-state index in [0.29, 0.717) is 12.4 Å². The number of nitrogens with zero attached hydrogens (tertiary/aromatic N) is 1. The molecule has 3 rings (SSSR count). The molecule has 0 aliphatic heterocycles. The molecule has 0 bridgehead atoms. The Hall–Kier alpha value is -2.20. The maximum Gasteiger partial charge on any atom is 0.237 e. The monoisotopic (exact) mass is 287 g/mol. The van der Waals surface area contributed by atoms with E-state index < -0.39 is 0 Å². The zero-order valence-electron chi connectivity index (χ0n) is 11.0. The summed E-state index contributed by atoms with van der Waals surface area (Å²) in [6.07, 6.45) is 3.69. The lowest BCUT2D eigenvalue weighted by Crippen LogP contribution is -2.01. The summed E-state index contributed by atoms with van der Waals surface area (Å²) >= 11 is 5.98. The smallest absolute Gasteiger partial charge is 0.237 e. The summed E-state index contributed by atoms with van der Waals surface area (Å²) in [5.74, 6) is 0.593. The molecule has 2 heterocycles. The minimum absolute atomic E-state index is 0.593. The normalized spacial score (nSPS) is 10.7. The molecule has 0 saturated heterocycles. The standard InChI is InChI=1S/C15H14ClN3O/c1-20-15-13(3-2-6-17-15)18-8-10-9-19-14-7-11(16)4-5-12(10)14/h2-7,9,18-19H,8H2,1H3. The maximum absolute atomic E-state index is 5.98. The van der Waals surface area contributed by atoms with Gasteiger partial charge in [0.2, 0.25) is 5.88 Å². The SMILES string of the molecule is COc1ncccc1NCc1c[nH]c2cc(Cl)ccc12. The lowest BCUT2D eigenvalue weighted by Gasteiger charge is -2.09. The molecule has 0 aliphatic carbocycles. The first-order valence-corrected chi connectivity index (χ1v) is 6.64. The second-order valence-electron chi connectivity index (χ2n) is 4.42. The fourth-order valence-corrected chi connectivity index (χ4v) is 2.36. The van der Waals surface area contributed by atoms with E-state index in [1.807, 2.05) is 36.5 Å². The van der Waals surface area contributed by atoms with Gasteiger partial charge in [0.25, 0.3) is 0 Å². The van der Waals surface area contributed by atoms with Crippen LogP contribution in [0.1, 0.15) is 5.56 Å². The largest absolute Gasteiger partial charge is 0.480 e. The van der Waals surface area contributed by atoms with Crippen LogP contribution in [0, 0.1) is 0 Å².